The molecule has 2 heterocycles. The third-order valence-electron chi connectivity index (χ3n) is 5.18. The summed E-state index contributed by atoms with van der Waals surface area (Å²) < 4.78 is 3.59. The van der Waals surface area contributed by atoms with Gasteiger partial charge in [0.2, 0.25) is 5.78 Å². The third kappa shape index (κ3) is 2.50. The monoisotopic (exact) mass is 368 g/mol. The van der Waals surface area contributed by atoms with Crippen molar-refractivity contribution in [2.24, 2.45) is 0 Å². The van der Waals surface area contributed by atoms with Gasteiger partial charge in [-0.1, -0.05) is 63.2 Å². The van der Waals surface area contributed by atoms with Gasteiger partial charge in [-0.15, -0.1) is 5.10 Å². The minimum atomic E-state index is -0.254. The van der Waals surface area contributed by atoms with Crippen LogP contribution in [0.25, 0.3) is 17.0 Å². The van der Waals surface area contributed by atoms with Gasteiger partial charge in [0.05, 0.1) is 11.3 Å². The molecule has 1 aromatic carbocycles. The Kier molecular flexibility index (Phi) is 4.18. The van der Waals surface area contributed by atoms with Crippen molar-refractivity contribution in [3.8, 4) is 11.3 Å². The quantitative estimate of drug-likeness (QED) is 0.655. The molecular formula is C20H24N4OS. The summed E-state index contributed by atoms with van der Waals surface area (Å²) in [4.78, 5) is 18.5. The summed E-state index contributed by atoms with van der Waals surface area (Å²) in [6, 6.07) is 8.30. The molecule has 0 amide bonds. The van der Waals surface area contributed by atoms with Crippen molar-refractivity contribution >= 4 is 17.5 Å². The maximum Gasteiger partial charge on any atom is 0.265 e. The van der Waals surface area contributed by atoms with Crippen molar-refractivity contribution in [2.75, 3.05) is 6.26 Å². The second-order valence-electron chi connectivity index (χ2n) is 7.56. The predicted molar refractivity (Wildman–Crippen MR) is 106 cm³/mol. The summed E-state index contributed by atoms with van der Waals surface area (Å²) >= 11 is 1.49. The van der Waals surface area contributed by atoms with Crippen LogP contribution in [0, 0.1) is 0 Å². The maximum absolute atomic E-state index is 13.5. The molecule has 6 heteroatoms. The molecule has 2 aromatic heterocycles. The molecule has 0 aliphatic heterocycles. The molecule has 0 fully saturated rings. The smallest absolute Gasteiger partial charge is 0.265 e. The summed E-state index contributed by atoms with van der Waals surface area (Å²) in [6.45, 7) is 7.20. The molecule has 1 aliphatic rings. The molecule has 0 spiro atoms. The maximum atomic E-state index is 13.5. The fraction of sp³-hybridized carbons (Fsp3) is 0.450. The molecule has 5 nitrogen and oxygen atoms in total. The van der Waals surface area contributed by atoms with Crippen molar-refractivity contribution in [1.82, 2.24) is 19.2 Å². The van der Waals surface area contributed by atoms with Gasteiger partial charge in [-0.3, -0.25) is 4.79 Å². The Morgan fingerprint density at radius 2 is 2.04 bits per heavy atom. The van der Waals surface area contributed by atoms with Crippen LogP contribution in [0.3, 0.4) is 0 Å². The lowest BCUT2D eigenvalue weighted by Gasteiger charge is -2.32. The highest BCUT2D eigenvalue weighted by atomic mass is 32.2. The predicted octanol–water partition coefficient (Wildman–Crippen LogP) is 3.91. The lowest BCUT2D eigenvalue weighted by atomic mass is 9.72. The molecular weight excluding hydrogens is 344 g/mol. The molecule has 0 atom stereocenters. The van der Waals surface area contributed by atoms with E-state index in [-0.39, 0.29) is 11.0 Å². The zero-order valence-corrected chi connectivity index (χ0v) is 16.6. The van der Waals surface area contributed by atoms with E-state index in [9.17, 15) is 4.79 Å². The summed E-state index contributed by atoms with van der Waals surface area (Å²) in [6.07, 6.45) is 4.89. The molecule has 26 heavy (non-hydrogen) atoms. The van der Waals surface area contributed by atoms with E-state index < -0.39 is 0 Å². The Hall–Kier alpha value is -2.08. The van der Waals surface area contributed by atoms with Gasteiger partial charge in [0, 0.05) is 17.5 Å². The number of rotatable bonds is 4. The van der Waals surface area contributed by atoms with Crippen LogP contribution in [0.4, 0.5) is 0 Å². The van der Waals surface area contributed by atoms with Crippen molar-refractivity contribution in [2.45, 2.75) is 57.1 Å². The third-order valence-corrected chi connectivity index (χ3v) is 5.81. The number of thioether (sulfide) groups is 1. The van der Waals surface area contributed by atoms with E-state index in [2.05, 4.69) is 44.1 Å². The average Bonchev–Trinajstić information content (AvgIpc) is 2.97. The summed E-state index contributed by atoms with van der Waals surface area (Å²) in [5.74, 6) is 0.652. The van der Waals surface area contributed by atoms with Crippen LogP contribution in [0.15, 0.2) is 34.2 Å². The normalized spacial score (nSPS) is 15.1. The standard InChI is InChI=1S/C20H24N4OS/c1-5-6-11-23-18-21-16-14-10-8-7-9-13(14)12-20(2,3)15(16)17(25)24(18)19(22-23)26-4/h7-10H,5-6,11-12H2,1-4H3. The minimum absolute atomic E-state index is 0.0246. The molecule has 0 saturated carbocycles. The van der Waals surface area contributed by atoms with Crippen LogP contribution in [0.5, 0.6) is 0 Å². The van der Waals surface area contributed by atoms with E-state index in [1.165, 1.54) is 17.3 Å². The highest BCUT2D eigenvalue weighted by Crippen LogP contribution is 2.40. The Morgan fingerprint density at radius 3 is 2.77 bits per heavy atom. The van der Waals surface area contributed by atoms with Crippen LogP contribution in [-0.2, 0) is 18.4 Å². The fourth-order valence-electron chi connectivity index (χ4n) is 3.91. The molecule has 4 rings (SSSR count). The number of nitrogens with zero attached hydrogens (tertiary/aromatic N) is 4. The fourth-order valence-corrected chi connectivity index (χ4v) is 4.44. The average molecular weight is 369 g/mol. The van der Waals surface area contributed by atoms with Gasteiger partial charge in [0.15, 0.2) is 5.16 Å². The zero-order valence-electron chi connectivity index (χ0n) is 15.7. The molecule has 136 valence electrons. The summed E-state index contributed by atoms with van der Waals surface area (Å²) in [7, 11) is 0. The van der Waals surface area contributed by atoms with Crippen molar-refractivity contribution in [3.05, 3.63) is 45.7 Å². The topological polar surface area (TPSA) is 52.2 Å². The first-order valence-corrected chi connectivity index (χ1v) is 10.4. The highest BCUT2D eigenvalue weighted by Gasteiger charge is 2.36. The molecule has 0 saturated heterocycles. The molecule has 0 bridgehead atoms. The Morgan fingerprint density at radius 1 is 1.27 bits per heavy atom. The van der Waals surface area contributed by atoms with Crippen LogP contribution < -0.4 is 5.56 Å². The van der Waals surface area contributed by atoms with Gasteiger partial charge in [-0.05, 0) is 24.7 Å². The van der Waals surface area contributed by atoms with Crippen LogP contribution >= 0.6 is 11.8 Å². The molecule has 0 unspecified atom stereocenters. The SMILES string of the molecule is CCCCn1nc(SC)n2c(=O)c3c(nc12)-c1ccccc1CC3(C)C. The lowest BCUT2D eigenvalue weighted by molar-refractivity contribution is 0.505. The molecule has 3 aromatic rings. The number of fused-ring (bicyclic) bond motifs is 4. The second kappa shape index (κ2) is 6.27. The number of benzene rings is 1. The summed E-state index contributed by atoms with van der Waals surface area (Å²) in [5, 5.41) is 5.38. The minimum Gasteiger partial charge on any atom is -0.268 e. The lowest BCUT2D eigenvalue weighted by Crippen LogP contribution is -2.36. The molecule has 0 N–H and O–H groups in total. The van der Waals surface area contributed by atoms with Gasteiger partial charge in [0.25, 0.3) is 5.56 Å². The number of hydrogen-bond acceptors (Lipinski definition) is 4. The molecule has 1 aliphatic carbocycles. The largest absolute Gasteiger partial charge is 0.268 e. The van der Waals surface area contributed by atoms with Gasteiger partial charge in [-0.2, -0.15) is 0 Å². The molecule has 0 radical (unpaired) electrons. The van der Waals surface area contributed by atoms with E-state index in [1.807, 2.05) is 17.0 Å². The van der Waals surface area contributed by atoms with Crippen molar-refractivity contribution in [3.63, 3.8) is 0 Å². The van der Waals surface area contributed by atoms with Gasteiger partial charge in [-0.25, -0.2) is 14.1 Å². The number of hydrogen-bond donors (Lipinski definition) is 0. The van der Waals surface area contributed by atoms with E-state index in [1.54, 1.807) is 4.40 Å². The van der Waals surface area contributed by atoms with Gasteiger partial charge < -0.3 is 0 Å². The van der Waals surface area contributed by atoms with Crippen LogP contribution in [0.2, 0.25) is 0 Å². The van der Waals surface area contributed by atoms with E-state index >= 15 is 0 Å². The van der Waals surface area contributed by atoms with Gasteiger partial charge in [0.1, 0.15) is 0 Å². The Balaban J connectivity index is 2.09. The number of aromatic nitrogens is 4. The van der Waals surface area contributed by atoms with Gasteiger partial charge >= 0.3 is 0 Å². The zero-order chi connectivity index (χ0) is 18.5. The van der Waals surface area contributed by atoms with Crippen LogP contribution in [-0.4, -0.2) is 25.4 Å². The number of unbranched alkanes of at least 4 members (excludes halogenated alkanes) is 1. The van der Waals surface area contributed by atoms with Crippen molar-refractivity contribution < 1.29 is 0 Å². The van der Waals surface area contributed by atoms with E-state index in [0.29, 0.717) is 10.9 Å². The highest BCUT2D eigenvalue weighted by molar-refractivity contribution is 7.98. The van der Waals surface area contributed by atoms with E-state index in [4.69, 9.17) is 4.98 Å². The van der Waals surface area contributed by atoms with Crippen LogP contribution in [0.1, 0.15) is 44.7 Å². The Bertz CT molecular complexity index is 1050. The summed E-state index contributed by atoms with van der Waals surface area (Å²) in [5.41, 5.74) is 3.74. The van der Waals surface area contributed by atoms with Crippen molar-refractivity contribution in [1.29, 1.82) is 0 Å². The Labute approximate surface area is 157 Å². The first-order chi connectivity index (χ1) is 12.5. The first-order valence-electron chi connectivity index (χ1n) is 9.14. The second-order valence-corrected chi connectivity index (χ2v) is 8.33. The number of aryl methyl sites for hydroxylation is 1. The van der Waals surface area contributed by atoms with E-state index in [0.717, 1.165) is 42.6 Å². The first kappa shape index (κ1) is 17.3.